The molecule has 0 aromatic heterocycles. The summed E-state index contributed by atoms with van der Waals surface area (Å²) in [6, 6.07) is 15.9. The van der Waals surface area contributed by atoms with Gasteiger partial charge >= 0.3 is 0 Å². The van der Waals surface area contributed by atoms with Crippen molar-refractivity contribution in [2.24, 2.45) is 5.84 Å². The lowest BCUT2D eigenvalue weighted by atomic mass is 10.0. The fraction of sp³-hybridized carbons (Fsp3) is 0.250. The molecule has 4 nitrogen and oxygen atoms in total. The molecule has 0 spiro atoms. The smallest absolute Gasteiger partial charge is 0.161 e. The average molecular weight is 349 g/mol. The Morgan fingerprint density at radius 1 is 1.14 bits per heavy atom. The number of hydrazine groups is 1. The fourth-order valence-electron chi connectivity index (χ4n) is 2.41. The number of fused-ring (bicyclic) bond motifs is 1. The van der Waals surface area contributed by atoms with Crippen molar-refractivity contribution in [3.63, 3.8) is 0 Å². The Hall–Kier alpha value is -1.56. The summed E-state index contributed by atoms with van der Waals surface area (Å²) in [7, 11) is 0. The van der Waals surface area contributed by atoms with Crippen LogP contribution in [0.2, 0.25) is 0 Å². The SMILES string of the molecule is NNC(Cc1ccc(Br)cc1)C1COc2ccccc2O1. The number of halogens is 1. The van der Waals surface area contributed by atoms with Crippen molar-refractivity contribution in [2.45, 2.75) is 18.6 Å². The highest BCUT2D eigenvalue weighted by atomic mass is 79.9. The molecular weight excluding hydrogens is 332 g/mol. The van der Waals surface area contributed by atoms with E-state index in [9.17, 15) is 0 Å². The molecule has 2 atom stereocenters. The molecule has 0 fully saturated rings. The summed E-state index contributed by atoms with van der Waals surface area (Å²) in [4.78, 5) is 0. The van der Waals surface area contributed by atoms with E-state index in [0.717, 1.165) is 22.4 Å². The summed E-state index contributed by atoms with van der Waals surface area (Å²) >= 11 is 3.44. The Morgan fingerprint density at radius 3 is 2.57 bits per heavy atom. The van der Waals surface area contributed by atoms with E-state index in [-0.39, 0.29) is 12.1 Å². The van der Waals surface area contributed by atoms with E-state index >= 15 is 0 Å². The minimum absolute atomic E-state index is 0.0143. The van der Waals surface area contributed by atoms with Crippen molar-refractivity contribution in [2.75, 3.05) is 6.61 Å². The molecule has 110 valence electrons. The van der Waals surface area contributed by atoms with Gasteiger partial charge in [0, 0.05) is 4.47 Å². The molecule has 21 heavy (non-hydrogen) atoms. The summed E-state index contributed by atoms with van der Waals surface area (Å²) in [6.07, 6.45) is 0.661. The summed E-state index contributed by atoms with van der Waals surface area (Å²) in [5.74, 6) is 7.26. The van der Waals surface area contributed by atoms with E-state index in [2.05, 4.69) is 33.5 Å². The van der Waals surface area contributed by atoms with Crippen molar-refractivity contribution in [3.8, 4) is 11.5 Å². The molecule has 0 saturated carbocycles. The van der Waals surface area contributed by atoms with Gasteiger partial charge < -0.3 is 9.47 Å². The van der Waals surface area contributed by atoms with E-state index in [1.165, 1.54) is 5.56 Å². The zero-order valence-electron chi connectivity index (χ0n) is 11.5. The maximum absolute atomic E-state index is 6.00. The van der Waals surface area contributed by atoms with Crippen LogP contribution in [0, 0.1) is 0 Å². The first-order valence-corrected chi connectivity index (χ1v) is 7.64. The summed E-state index contributed by atoms with van der Waals surface area (Å²) in [5.41, 5.74) is 4.05. The van der Waals surface area contributed by atoms with Crippen LogP contribution in [-0.4, -0.2) is 18.8 Å². The molecule has 0 saturated heterocycles. The number of ether oxygens (including phenoxy) is 2. The van der Waals surface area contributed by atoms with Gasteiger partial charge in [-0.1, -0.05) is 40.2 Å². The molecule has 0 aliphatic carbocycles. The number of benzene rings is 2. The lowest BCUT2D eigenvalue weighted by molar-refractivity contribution is 0.0620. The predicted molar refractivity (Wildman–Crippen MR) is 85.3 cm³/mol. The van der Waals surface area contributed by atoms with E-state index in [0.29, 0.717) is 6.61 Å². The summed E-state index contributed by atoms with van der Waals surface area (Å²) in [6.45, 7) is 0.489. The van der Waals surface area contributed by atoms with E-state index in [1.54, 1.807) is 0 Å². The van der Waals surface area contributed by atoms with E-state index in [4.69, 9.17) is 15.3 Å². The maximum Gasteiger partial charge on any atom is 0.161 e. The van der Waals surface area contributed by atoms with Crippen LogP contribution in [0.1, 0.15) is 5.56 Å². The molecule has 5 heteroatoms. The van der Waals surface area contributed by atoms with Gasteiger partial charge in [-0.3, -0.25) is 11.3 Å². The molecule has 3 N–H and O–H groups in total. The van der Waals surface area contributed by atoms with Crippen molar-refractivity contribution >= 4 is 15.9 Å². The highest BCUT2D eigenvalue weighted by molar-refractivity contribution is 9.10. The number of hydrogen-bond acceptors (Lipinski definition) is 4. The molecule has 3 rings (SSSR count). The van der Waals surface area contributed by atoms with Crippen molar-refractivity contribution in [1.82, 2.24) is 5.43 Å². The summed E-state index contributed by atoms with van der Waals surface area (Å²) < 4.78 is 12.8. The molecule has 0 radical (unpaired) electrons. The predicted octanol–water partition coefficient (Wildman–Crippen LogP) is 2.66. The normalized spacial score (nSPS) is 18.3. The number of nitrogens with two attached hydrogens (primary N) is 1. The second kappa shape index (κ2) is 6.47. The quantitative estimate of drug-likeness (QED) is 0.658. The number of para-hydroxylation sites is 2. The first kappa shape index (κ1) is 14.4. The topological polar surface area (TPSA) is 56.5 Å². The molecule has 0 amide bonds. The van der Waals surface area contributed by atoms with Gasteiger partial charge in [0.25, 0.3) is 0 Å². The van der Waals surface area contributed by atoms with Crippen LogP contribution in [0.4, 0.5) is 0 Å². The number of hydrogen-bond donors (Lipinski definition) is 2. The van der Waals surface area contributed by atoms with Crippen molar-refractivity contribution < 1.29 is 9.47 Å². The minimum Gasteiger partial charge on any atom is -0.486 e. The second-order valence-corrected chi connectivity index (χ2v) is 5.93. The van der Waals surface area contributed by atoms with Crippen LogP contribution in [0.5, 0.6) is 11.5 Å². The molecule has 2 unspecified atom stereocenters. The molecular formula is C16H17BrN2O2. The fourth-order valence-corrected chi connectivity index (χ4v) is 2.67. The van der Waals surface area contributed by atoms with E-state index < -0.39 is 0 Å². The summed E-state index contributed by atoms with van der Waals surface area (Å²) in [5, 5.41) is 0. The average Bonchev–Trinajstić information content (AvgIpc) is 2.54. The van der Waals surface area contributed by atoms with E-state index in [1.807, 2.05) is 36.4 Å². The van der Waals surface area contributed by atoms with Crippen LogP contribution in [0.15, 0.2) is 53.0 Å². The van der Waals surface area contributed by atoms with Gasteiger partial charge in [-0.25, -0.2) is 0 Å². The minimum atomic E-state index is -0.117. The second-order valence-electron chi connectivity index (χ2n) is 5.02. The largest absolute Gasteiger partial charge is 0.486 e. The monoisotopic (exact) mass is 348 g/mol. The standard InChI is InChI=1S/C16H17BrN2O2/c17-12-7-5-11(6-8-12)9-13(19-18)16-10-20-14-3-1-2-4-15(14)21-16/h1-8,13,16,19H,9-10,18H2. The van der Waals surface area contributed by atoms with Crippen LogP contribution in [-0.2, 0) is 6.42 Å². The Labute approximate surface area is 132 Å². The molecule has 1 aliphatic heterocycles. The Balaban J connectivity index is 1.71. The third-order valence-corrected chi connectivity index (χ3v) is 4.09. The van der Waals surface area contributed by atoms with Gasteiger partial charge in [0.1, 0.15) is 12.7 Å². The van der Waals surface area contributed by atoms with Crippen molar-refractivity contribution in [3.05, 3.63) is 58.6 Å². The number of rotatable bonds is 4. The highest BCUT2D eigenvalue weighted by Gasteiger charge is 2.28. The van der Waals surface area contributed by atoms with Gasteiger partial charge in [-0.15, -0.1) is 0 Å². The van der Waals surface area contributed by atoms with Crippen LogP contribution >= 0.6 is 15.9 Å². The van der Waals surface area contributed by atoms with Crippen LogP contribution in [0.25, 0.3) is 0 Å². The lowest BCUT2D eigenvalue weighted by Crippen LogP contribution is -2.51. The van der Waals surface area contributed by atoms with Crippen LogP contribution in [0.3, 0.4) is 0 Å². The zero-order valence-corrected chi connectivity index (χ0v) is 13.0. The molecule has 0 bridgehead atoms. The van der Waals surface area contributed by atoms with Crippen molar-refractivity contribution in [1.29, 1.82) is 0 Å². The van der Waals surface area contributed by atoms with Gasteiger partial charge in [0.15, 0.2) is 11.5 Å². The molecule has 2 aromatic rings. The first-order chi connectivity index (χ1) is 10.3. The van der Waals surface area contributed by atoms with Gasteiger partial charge in [-0.2, -0.15) is 0 Å². The number of nitrogens with one attached hydrogen (secondary N) is 1. The highest BCUT2D eigenvalue weighted by Crippen LogP contribution is 2.31. The van der Waals surface area contributed by atoms with Gasteiger partial charge in [0.2, 0.25) is 0 Å². The molecule has 1 aliphatic rings. The lowest BCUT2D eigenvalue weighted by Gasteiger charge is -2.32. The Morgan fingerprint density at radius 2 is 1.86 bits per heavy atom. The third kappa shape index (κ3) is 3.37. The molecule has 1 heterocycles. The van der Waals surface area contributed by atoms with Crippen LogP contribution < -0.4 is 20.7 Å². The zero-order chi connectivity index (χ0) is 14.7. The molecule has 2 aromatic carbocycles. The maximum atomic E-state index is 6.00. The van der Waals surface area contributed by atoms with Gasteiger partial charge in [-0.05, 0) is 36.2 Å². The first-order valence-electron chi connectivity index (χ1n) is 6.85. The van der Waals surface area contributed by atoms with Gasteiger partial charge in [0.05, 0.1) is 6.04 Å². The third-order valence-electron chi connectivity index (χ3n) is 3.56. The Bertz CT molecular complexity index is 603. The Kier molecular flexibility index (Phi) is 4.43.